The minimum Gasteiger partial charge on any atom is -0.387 e. The SMILES string of the molecule is CSCC(C)(O)CNC(=O)c1cccn1C1CC1. The van der Waals surface area contributed by atoms with Crippen molar-refractivity contribution in [1.82, 2.24) is 9.88 Å². The molecule has 4 nitrogen and oxygen atoms in total. The Kier molecular flexibility index (Phi) is 4.02. The van der Waals surface area contributed by atoms with Crippen LogP contribution in [0.2, 0.25) is 0 Å². The predicted molar refractivity (Wildman–Crippen MR) is 74.0 cm³/mol. The first-order valence-corrected chi connectivity index (χ1v) is 7.59. The van der Waals surface area contributed by atoms with Gasteiger partial charge in [0.25, 0.3) is 5.91 Å². The number of rotatable bonds is 6. The molecule has 1 aliphatic rings. The first kappa shape index (κ1) is 13.5. The molecule has 0 spiro atoms. The van der Waals surface area contributed by atoms with Crippen LogP contribution in [0.4, 0.5) is 0 Å². The minimum atomic E-state index is -0.855. The van der Waals surface area contributed by atoms with Crippen LogP contribution in [0.5, 0.6) is 0 Å². The largest absolute Gasteiger partial charge is 0.387 e. The Balaban J connectivity index is 1.93. The van der Waals surface area contributed by atoms with Crippen molar-refractivity contribution in [2.45, 2.75) is 31.4 Å². The molecule has 100 valence electrons. The van der Waals surface area contributed by atoms with Gasteiger partial charge in [0, 0.05) is 24.5 Å². The zero-order chi connectivity index (χ0) is 13.2. The molecule has 0 bridgehead atoms. The number of thioether (sulfide) groups is 1. The van der Waals surface area contributed by atoms with E-state index in [0.29, 0.717) is 17.5 Å². The predicted octanol–water partition coefficient (Wildman–Crippen LogP) is 1.67. The van der Waals surface area contributed by atoms with Gasteiger partial charge < -0.3 is 15.0 Å². The summed E-state index contributed by atoms with van der Waals surface area (Å²) in [6.45, 7) is 2.02. The van der Waals surface area contributed by atoms with E-state index in [0.717, 1.165) is 12.8 Å². The van der Waals surface area contributed by atoms with Gasteiger partial charge in [-0.1, -0.05) is 0 Å². The molecule has 1 aliphatic carbocycles. The number of hydrogen-bond acceptors (Lipinski definition) is 3. The molecule has 2 rings (SSSR count). The Morgan fingerprint density at radius 3 is 3.00 bits per heavy atom. The van der Waals surface area contributed by atoms with Crippen LogP contribution in [0.15, 0.2) is 18.3 Å². The molecular weight excluding hydrogens is 248 g/mol. The maximum absolute atomic E-state index is 12.1. The zero-order valence-electron chi connectivity index (χ0n) is 10.8. The molecule has 0 aliphatic heterocycles. The lowest BCUT2D eigenvalue weighted by atomic mass is 10.1. The van der Waals surface area contributed by atoms with Crippen LogP contribution in [0.3, 0.4) is 0 Å². The van der Waals surface area contributed by atoms with Crippen molar-refractivity contribution in [3.63, 3.8) is 0 Å². The number of amides is 1. The smallest absolute Gasteiger partial charge is 0.268 e. The topological polar surface area (TPSA) is 54.3 Å². The van der Waals surface area contributed by atoms with Crippen LogP contribution in [-0.2, 0) is 0 Å². The molecule has 1 aromatic heterocycles. The minimum absolute atomic E-state index is 0.103. The van der Waals surface area contributed by atoms with Crippen LogP contribution in [0.1, 0.15) is 36.3 Å². The highest BCUT2D eigenvalue weighted by Crippen LogP contribution is 2.35. The summed E-state index contributed by atoms with van der Waals surface area (Å²) in [6, 6.07) is 4.22. The highest BCUT2D eigenvalue weighted by molar-refractivity contribution is 7.98. The second kappa shape index (κ2) is 5.36. The Morgan fingerprint density at radius 1 is 1.67 bits per heavy atom. The summed E-state index contributed by atoms with van der Waals surface area (Å²) in [6.07, 6.45) is 6.19. The summed E-state index contributed by atoms with van der Waals surface area (Å²) in [4.78, 5) is 12.1. The van der Waals surface area contributed by atoms with E-state index in [4.69, 9.17) is 0 Å². The molecule has 1 saturated carbocycles. The number of carbonyl (C=O) groups is 1. The molecular formula is C13H20N2O2S. The molecule has 1 aromatic rings. The van der Waals surface area contributed by atoms with Crippen molar-refractivity contribution >= 4 is 17.7 Å². The van der Waals surface area contributed by atoms with Gasteiger partial charge >= 0.3 is 0 Å². The van der Waals surface area contributed by atoms with Gasteiger partial charge in [-0.2, -0.15) is 11.8 Å². The molecule has 18 heavy (non-hydrogen) atoms. The van der Waals surface area contributed by atoms with Gasteiger partial charge in [-0.15, -0.1) is 0 Å². The third-order valence-corrected chi connectivity index (χ3v) is 3.95. The van der Waals surface area contributed by atoms with Crippen molar-refractivity contribution in [1.29, 1.82) is 0 Å². The van der Waals surface area contributed by atoms with Crippen molar-refractivity contribution < 1.29 is 9.90 Å². The van der Waals surface area contributed by atoms with E-state index in [1.54, 1.807) is 18.7 Å². The fourth-order valence-electron chi connectivity index (χ4n) is 1.98. The van der Waals surface area contributed by atoms with Crippen LogP contribution >= 0.6 is 11.8 Å². The molecule has 2 N–H and O–H groups in total. The quantitative estimate of drug-likeness (QED) is 0.825. The van der Waals surface area contributed by atoms with E-state index >= 15 is 0 Å². The van der Waals surface area contributed by atoms with Gasteiger partial charge in [-0.25, -0.2) is 0 Å². The molecule has 1 fully saturated rings. The molecule has 1 atom stereocenters. The Labute approximate surface area is 112 Å². The van der Waals surface area contributed by atoms with Gasteiger partial charge in [0.15, 0.2) is 0 Å². The number of hydrogen-bond donors (Lipinski definition) is 2. The first-order valence-electron chi connectivity index (χ1n) is 6.20. The number of nitrogens with zero attached hydrogens (tertiary/aromatic N) is 1. The summed E-state index contributed by atoms with van der Waals surface area (Å²) >= 11 is 1.57. The molecule has 1 unspecified atom stereocenters. The molecule has 0 aromatic carbocycles. The molecule has 5 heteroatoms. The summed E-state index contributed by atoms with van der Waals surface area (Å²) in [5.74, 6) is 0.505. The van der Waals surface area contributed by atoms with E-state index in [1.807, 2.05) is 29.2 Å². The van der Waals surface area contributed by atoms with E-state index < -0.39 is 5.60 Å². The average molecular weight is 268 g/mol. The van der Waals surface area contributed by atoms with Crippen molar-refractivity contribution in [3.05, 3.63) is 24.0 Å². The third-order valence-electron chi connectivity index (χ3n) is 3.04. The van der Waals surface area contributed by atoms with Crippen LogP contribution in [0, 0.1) is 0 Å². The van der Waals surface area contributed by atoms with E-state index in [1.165, 1.54) is 0 Å². The van der Waals surface area contributed by atoms with Gasteiger partial charge in [0.1, 0.15) is 5.69 Å². The Morgan fingerprint density at radius 2 is 2.39 bits per heavy atom. The summed E-state index contributed by atoms with van der Waals surface area (Å²) in [5.41, 5.74) is -0.163. The monoisotopic (exact) mass is 268 g/mol. The summed E-state index contributed by atoms with van der Waals surface area (Å²) < 4.78 is 2.03. The second-order valence-electron chi connectivity index (χ2n) is 5.14. The van der Waals surface area contributed by atoms with Gasteiger partial charge in [-0.05, 0) is 38.2 Å². The number of nitrogens with one attached hydrogen (secondary N) is 1. The van der Waals surface area contributed by atoms with Crippen LogP contribution < -0.4 is 5.32 Å². The molecule has 1 heterocycles. The Bertz CT molecular complexity index is 424. The summed E-state index contributed by atoms with van der Waals surface area (Å²) in [7, 11) is 0. The maximum atomic E-state index is 12.1. The zero-order valence-corrected chi connectivity index (χ0v) is 11.7. The summed E-state index contributed by atoms with van der Waals surface area (Å²) in [5, 5.41) is 12.8. The second-order valence-corrected chi connectivity index (χ2v) is 6.01. The van der Waals surface area contributed by atoms with E-state index in [2.05, 4.69) is 5.32 Å². The van der Waals surface area contributed by atoms with Gasteiger partial charge in [0.05, 0.1) is 5.60 Å². The lowest BCUT2D eigenvalue weighted by Crippen LogP contribution is -2.42. The number of aliphatic hydroxyl groups is 1. The lowest BCUT2D eigenvalue weighted by Gasteiger charge is -2.22. The van der Waals surface area contributed by atoms with Gasteiger partial charge in [-0.3, -0.25) is 4.79 Å². The number of carbonyl (C=O) groups excluding carboxylic acids is 1. The van der Waals surface area contributed by atoms with Crippen molar-refractivity contribution in [3.8, 4) is 0 Å². The van der Waals surface area contributed by atoms with Crippen molar-refractivity contribution in [2.75, 3.05) is 18.6 Å². The number of aromatic nitrogens is 1. The average Bonchev–Trinajstić information content (AvgIpc) is 3.04. The molecule has 0 radical (unpaired) electrons. The lowest BCUT2D eigenvalue weighted by molar-refractivity contribution is 0.0720. The highest BCUT2D eigenvalue weighted by Gasteiger charge is 2.27. The highest BCUT2D eigenvalue weighted by atomic mass is 32.2. The molecule has 1 amide bonds. The standard InChI is InChI=1S/C13H20N2O2S/c1-13(17,9-18-2)8-14-12(16)11-4-3-7-15(11)10-5-6-10/h3-4,7,10,17H,5-6,8-9H2,1-2H3,(H,14,16). The van der Waals surface area contributed by atoms with Crippen LogP contribution in [-0.4, -0.2) is 39.7 Å². The molecule has 0 saturated heterocycles. The fourth-order valence-corrected chi connectivity index (χ4v) is 2.70. The van der Waals surface area contributed by atoms with Crippen LogP contribution in [0.25, 0.3) is 0 Å². The first-order chi connectivity index (χ1) is 8.53. The van der Waals surface area contributed by atoms with Gasteiger partial charge in [0.2, 0.25) is 0 Å². The fraction of sp³-hybridized carbons (Fsp3) is 0.615. The van der Waals surface area contributed by atoms with E-state index in [-0.39, 0.29) is 12.5 Å². The normalized spacial score (nSPS) is 18.4. The van der Waals surface area contributed by atoms with E-state index in [9.17, 15) is 9.90 Å². The van der Waals surface area contributed by atoms with Crippen molar-refractivity contribution in [2.24, 2.45) is 0 Å². The maximum Gasteiger partial charge on any atom is 0.268 e. The Hall–Kier alpha value is -0.940. The third kappa shape index (κ3) is 3.29.